The fourth-order valence-corrected chi connectivity index (χ4v) is 2.61. The van der Waals surface area contributed by atoms with Gasteiger partial charge in [-0.15, -0.1) is 0 Å². The van der Waals surface area contributed by atoms with Crippen LogP contribution in [0.15, 0.2) is 12.4 Å². The Balaban J connectivity index is 2.12. The average Bonchev–Trinajstić information content (AvgIpc) is 2.38. The highest BCUT2D eigenvalue weighted by molar-refractivity contribution is 5.34. The first-order chi connectivity index (χ1) is 8.59. The molecule has 1 aromatic rings. The van der Waals surface area contributed by atoms with Crippen LogP contribution in [0.1, 0.15) is 32.6 Å². The number of anilines is 1. The molecule has 1 aliphatic rings. The van der Waals surface area contributed by atoms with Crippen LogP contribution in [0.4, 0.5) is 11.6 Å². The molecule has 1 saturated carbocycles. The molecule has 2 rings (SSSR count). The Hall–Kier alpha value is -1.72. The molecule has 0 amide bonds. The molecule has 0 N–H and O–H groups in total. The Bertz CT molecular complexity index is 421. The van der Waals surface area contributed by atoms with Crippen LogP contribution in [-0.2, 0) is 0 Å². The number of rotatable bonds is 3. The van der Waals surface area contributed by atoms with Gasteiger partial charge in [0.2, 0.25) is 5.95 Å². The summed E-state index contributed by atoms with van der Waals surface area (Å²) >= 11 is 0. The van der Waals surface area contributed by atoms with E-state index >= 15 is 0 Å². The van der Waals surface area contributed by atoms with Gasteiger partial charge in [0.25, 0.3) is 0 Å². The third-order valence-corrected chi connectivity index (χ3v) is 3.71. The van der Waals surface area contributed by atoms with Crippen LogP contribution in [0, 0.1) is 16.0 Å². The minimum absolute atomic E-state index is 0.0659. The van der Waals surface area contributed by atoms with Gasteiger partial charge in [-0.25, -0.2) is 9.97 Å². The lowest BCUT2D eigenvalue weighted by atomic mass is 9.85. The normalized spacial score (nSPS) is 23.7. The van der Waals surface area contributed by atoms with Crippen LogP contribution in [0.3, 0.4) is 0 Å². The van der Waals surface area contributed by atoms with Gasteiger partial charge in [0.05, 0.1) is 4.92 Å². The van der Waals surface area contributed by atoms with Crippen molar-refractivity contribution in [2.75, 3.05) is 11.9 Å². The van der Waals surface area contributed by atoms with E-state index in [4.69, 9.17) is 0 Å². The minimum Gasteiger partial charge on any atom is -0.341 e. The van der Waals surface area contributed by atoms with Crippen LogP contribution < -0.4 is 4.90 Å². The van der Waals surface area contributed by atoms with Crippen molar-refractivity contribution in [3.8, 4) is 0 Å². The van der Waals surface area contributed by atoms with Gasteiger partial charge >= 0.3 is 5.69 Å². The summed E-state index contributed by atoms with van der Waals surface area (Å²) in [6.07, 6.45) is 7.41. The quantitative estimate of drug-likeness (QED) is 0.608. The third kappa shape index (κ3) is 2.57. The molecule has 6 heteroatoms. The van der Waals surface area contributed by atoms with E-state index in [-0.39, 0.29) is 5.69 Å². The highest BCUT2D eigenvalue weighted by Crippen LogP contribution is 2.29. The zero-order valence-electron chi connectivity index (χ0n) is 10.7. The first-order valence-corrected chi connectivity index (χ1v) is 6.29. The summed E-state index contributed by atoms with van der Waals surface area (Å²) in [6.45, 7) is 2.24. The molecule has 0 aliphatic heterocycles. The van der Waals surface area contributed by atoms with Crippen molar-refractivity contribution in [3.63, 3.8) is 0 Å². The van der Waals surface area contributed by atoms with Crippen molar-refractivity contribution in [1.29, 1.82) is 0 Å². The van der Waals surface area contributed by atoms with Crippen molar-refractivity contribution in [1.82, 2.24) is 9.97 Å². The number of aromatic nitrogens is 2. The number of hydrogen-bond donors (Lipinski definition) is 0. The van der Waals surface area contributed by atoms with E-state index in [0.29, 0.717) is 17.9 Å². The van der Waals surface area contributed by atoms with Crippen molar-refractivity contribution < 1.29 is 4.92 Å². The van der Waals surface area contributed by atoms with Gasteiger partial charge in [-0.3, -0.25) is 10.1 Å². The van der Waals surface area contributed by atoms with Gasteiger partial charge in [-0.05, 0) is 18.8 Å². The molecule has 6 nitrogen and oxygen atoms in total. The van der Waals surface area contributed by atoms with E-state index in [1.54, 1.807) is 0 Å². The maximum absolute atomic E-state index is 10.5. The van der Waals surface area contributed by atoms with Crippen LogP contribution in [-0.4, -0.2) is 28.0 Å². The third-order valence-electron chi connectivity index (χ3n) is 3.71. The summed E-state index contributed by atoms with van der Waals surface area (Å²) in [7, 11) is 1.97. The average molecular weight is 250 g/mol. The van der Waals surface area contributed by atoms with Gasteiger partial charge < -0.3 is 4.90 Å². The molecule has 1 fully saturated rings. The first-order valence-electron chi connectivity index (χ1n) is 6.29. The van der Waals surface area contributed by atoms with Crippen LogP contribution in [0.2, 0.25) is 0 Å². The molecular weight excluding hydrogens is 232 g/mol. The highest BCUT2D eigenvalue weighted by atomic mass is 16.6. The summed E-state index contributed by atoms with van der Waals surface area (Å²) in [5.74, 6) is 1.18. The molecule has 1 aliphatic carbocycles. The largest absolute Gasteiger partial charge is 0.341 e. The second kappa shape index (κ2) is 5.29. The lowest BCUT2D eigenvalue weighted by Gasteiger charge is -2.36. The van der Waals surface area contributed by atoms with E-state index in [1.807, 2.05) is 11.9 Å². The van der Waals surface area contributed by atoms with Gasteiger partial charge in [-0.2, -0.15) is 0 Å². The van der Waals surface area contributed by atoms with E-state index in [0.717, 1.165) is 6.42 Å². The molecule has 18 heavy (non-hydrogen) atoms. The molecule has 1 aromatic heterocycles. The Labute approximate surface area is 106 Å². The predicted molar refractivity (Wildman–Crippen MR) is 68.5 cm³/mol. The second-order valence-electron chi connectivity index (χ2n) is 4.94. The Morgan fingerprint density at radius 2 is 1.94 bits per heavy atom. The highest BCUT2D eigenvalue weighted by Gasteiger charge is 2.26. The molecule has 0 saturated heterocycles. The maximum Gasteiger partial charge on any atom is 0.305 e. The van der Waals surface area contributed by atoms with Crippen LogP contribution >= 0.6 is 0 Å². The molecule has 98 valence electrons. The number of nitro groups is 1. The molecule has 2 atom stereocenters. The SMILES string of the molecule is CC1CCCCC1N(C)c1ncc([N+](=O)[O-])cn1. The van der Waals surface area contributed by atoms with Gasteiger partial charge in [0.1, 0.15) is 12.4 Å². The first kappa shape index (κ1) is 12.7. The van der Waals surface area contributed by atoms with Crippen molar-refractivity contribution in [2.45, 2.75) is 38.6 Å². The van der Waals surface area contributed by atoms with Crippen LogP contribution in [0.5, 0.6) is 0 Å². The molecule has 2 unspecified atom stereocenters. The fraction of sp³-hybridized carbons (Fsp3) is 0.667. The molecule has 1 heterocycles. The van der Waals surface area contributed by atoms with E-state index in [2.05, 4.69) is 16.9 Å². The van der Waals surface area contributed by atoms with Gasteiger partial charge in [0.15, 0.2) is 0 Å². The minimum atomic E-state index is -0.479. The number of hydrogen-bond acceptors (Lipinski definition) is 5. The molecule has 0 radical (unpaired) electrons. The Kier molecular flexibility index (Phi) is 3.74. The summed E-state index contributed by atoms with van der Waals surface area (Å²) < 4.78 is 0. The van der Waals surface area contributed by atoms with Gasteiger partial charge in [-0.1, -0.05) is 19.8 Å². The standard InChI is InChI=1S/C12H18N4O2/c1-9-5-3-4-6-11(9)15(2)12-13-7-10(8-14-12)16(17)18/h7-9,11H,3-6H2,1-2H3. The van der Waals surface area contributed by atoms with E-state index in [9.17, 15) is 10.1 Å². The molecule has 0 bridgehead atoms. The molecular formula is C12H18N4O2. The predicted octanol–water partition coefficient (Wildman–Crippen LogP) is 2.40. The Morgan fingerprint density at radius 1 is 1.33 bits per heavy atom. The van der Waals surface area contributed by atoms with E-state index < -0.39 is 4.92 Å². The summed E-state index contributed by atoms with van der Waals surface area (Å²) in [6, 6.07) is 0.431. The van der Waals surface area contributed by atoms with Crippen molar-refractivity contribution in [2.24, 2.45) is 5.92 Å². The fourth-order valence-electron chi connectivity index (χ4n) is 2.61. The number of nitrogens with zero attached hydrogens (tertiary/aromatic N) is 4. The lowest BCUT2D eigenvalue weighted by molar-refractivity contribution is -0.385. The summed E-state index contributed by atoms with van der Waals surface area (Å²) in [4.78, 5) is 20.3. The van der Waals surface area contributed by atoms with Gasteiger partial charge in [0, 0.05) is 13.1 Å². The molecule has 0 spiro atoms. The summed E-state index contributed by atoms with van der Waals surface area (Å²) in [5, 5.41) is 10.5. The van der Waals surface area contributed by atoms with Crippen LogP contribution in [0.25, 0.3) is 0 Å². The lowest BCUT2D eigenvalue weighted by Crippen LogP contribution is -2.39. The summed E-state index contributed by atoms with van der Waals surface area (Å²) in [5.41, 5.74) is -0.0659. The zero-order chi connectivity index (χ0) is 13.1. The topological polar surface area (TPSA) is 72.2 Å². The monoisotopic (exact) mass is 250 g/mol. The van der Waals surface area contributed by atoms with Crippen molar-refractivity contribution in [3.05, 3.63) is 22.5 Å². The second-order valence-corrected chi connectivity index (χ2v) is 4.94. The van der Waals surface area contributed by atoms with Crippen molar-refractivity contribution >= 4 is 11.6 Å². The zero-order valence-corrected chi connectivity index (χ0v) is 10.7. The van der Waals surface area contributed by atoms with E-state index in [1.165, 1.54) is 31.7 Å². The smallest absolute Gasteiger partial charge is 0.305 e. The Morgan fingerprint density at radius 3 is 2.50 bits per heavy atom. The maximum atomic E-state index is 10.5. The molecule has 0 aromatic carbocycles.